The standard InChI is InChI=1S/C18H20NO2P/c1-4-22(20,19(2)3)21-18-10-9-16-11-14-7-5-6-8-15(14)12-17(16)13-18/h5-13H,4H2,1-3H3. The zero-order valence-corrected chi connectivity index (χ0v) is 14.0. The molecule has 0 spiro atoms. The topological polar surface area (TPSA) is 29.5 Å². The monoisotopic (exact) mass is 313 g/mol. The van der Waals surface area contributed by atoms with E-state index in [9.17, 15) is 4.57 Å². The summed E-state index contributed by atoms with van der Waals surface area (Å²) in [5, 5.41) is 4.66. The van der Waals surface area contributed by atoms with Crippen LogP contribution in [0.5, 0.6) is 5.75 Å². The molecule has 0 saturated carbocycles. The third-order valence-electron chi connectivity index (χ3n) is 3.93. The van der Waals surface area contributed by atoms with E-state index in [2.05, 4.69) is 24.3 Å². The number of benzene rings is 3. The highest BCUT2D eigenvalue weighted by Gasteiger charge is 2.25. The minimum absolute atomic E-state index is 0.482. The van der Waals surface area contributed by atoms with Crippen molar-refractivity contribution < 1.29 is 9.09 Å². The summed E-state index contributed by atoms with van der Waals surface area (Å²) in [5.74, 6) is 0.654. The molecule has 0 saturated heterocycles. The van der Waals surface area contributed by atoms with Crippen LogP contribution in [0.4, 0.5) is 0 Å². The summed E-state index contributed by atoms with van der Waals surface area (Å²) in [7, 11) is 0.794. The summed E-state index contributed by atoms with van der Waals surface area (Å²) in [6.07, 6.45) is 0.482. The maximum atomic E-state index is 12.7. The van der Waals surface area contributed by atoms with Crippen LogP contribution in [0.2, 0.25) is 0 Å². The van der Waals surface area contributed by atoms with Crippen molar-refractivity contribution >= 4 is 29.1 Å². The molecule has 0 amide bonds. The van der Waals surface area contributed by atoms with Crippen molar-refractivity contribution in [1.29, 1.82) is 0 Å². The van der Waals surface area contributed by atoms with E-state index >= 15 is 0 Å². The lowest BCUT2D eigenvalue weighted by Crippen LogP contribution is -2.14. The van der Waals surface area contributed by atoms with Gasteiger partial charge in [-0.3, -0.25) is 4.57 Å². The van der Waals surface area contributed by atoms with Crippen molar-refractivity contribution in [2.24, 2.45) is 0 Å². The molecule has 3 aromatic rings. The summed E-state index contributed by atoms with van der Waals surface area (Å²) in [5.41, 5.74) is 0. The van der Waals surface area contributed by atoms with Gasteiger partial charge in [0, 0.05) is 6.16 Å². The van der Waals surface area contributed by atoms with Crippen molar-refractivity contribution in [2.45, 2.75) is 6.92 Å². The highest BCUT2D eigenvalue weighted by atomic mass is 31.2. The fourth-order valence-corrected chi connectivity index (χ4v) is 3.87. The Labute approximate surface area is 131 Å². The molecule has 0 aliphatic rings. The minimum atomic E-state index is -2.79. The second-order valence-corrected chi connectivity index (χ2v) is 8.49. The Balaban J connectivity index is 2.06. The fourth-order valence-electron chi connectivity index (χ4n) is 2.57. The predicted molar refractivity (Wildman–Crippen MR) is 93.9 cm³/mol. The van der Waals surface area contributed by atoms with Crippen LogP contribution in [-0.4, -0.2) is 24.9 Å². The lowest BCUT2D eigenvalue weighted by atomic mass is 10.0. The lowest BCUT2D eigenvalue weighted by molar-refractivity contribution is 0.418. The third kappa shape index (κ3) is 2.75. The second kappa shape index (κ2) is 5.75. The van der Waals surface area contributed by atoms with E-state index in [0.717, 1.165) is 10.8 Å². The number of nitrogens with zero attached hydrogens (tertiary/aromatic N) is 1. The van der Waals surface area contributed by atoms with Gasteiger partial charge >= 0.3 is 7.52 Å². The van der Waals surface area contributed by atoms with Gasteiger partial charge < -0.3 is 4.52 Å². The summed E-state index contributed by atoms with van der Waals surface area (Å²) < 4.78 is 20.2. The van der Waals surface area contributed by atoms with Crippen molar-refractivity contribution in [3.63, 3.8) is 0 Å². The quantitative estimate of drug-likeness (QED) is 0.493. The molecule has 0 heterocycles. The first kappa shape index (κ1) is 15.1. The summed E-state index contributed by atoms with van der Waals surface area (Å²) in [6.45, 7) is 1.88. The van der Waals surface area contributed by atoms with E-state index < -0.39 is 7.52 Å². The molecule has 3 aromatic carbocycles. The minimum Gasteiger partial charge on any atom is -0.433 e. The largest absolute Gasteiger partial charge is 0.433 e. The van der Waals surface area contributed by atoms with Crippen LogP contribution in [0, 0.1) is 0 Å². The molecule has 0 bridgehead atoms. The van der Waals surface area contributed by atoms with Gasteiger partial charge in [0.15, 0.2) is 0 Å². The summed E-state index contributed by atoms with van der Waals surface area (Å²) in [4.78, 5) is 0. The van der Waals surface area contributed by atoms with E-state index in [4.69, 9.17) is 4.52 Å². The van der Waals surface area contributed by atoms with Gasteiger partial charge in [0.25, 0.3) is 0 Å². The molecule has 3 nitrogen and oxygen atoms in total. The van der Waals surface area contributed by atoms with E-state index in [1.54, 1.807) is 18.8 Å². The van der Waals surface area contributed by atoms with Gasteiger partial charge in [-0.25, -0.2) is 4.67 Å². The van der Waals surface area contributed by atoms with Gasteiger partial charge in [-0.05, 0) is 59.9 Å². The predicted octanol–water partition coefficient (Wildman–Crippen LogP) is 5.15. The first-order valence-electron chi connectivity index (χ1n) is 7.41. The Morgan fingerprint density at radius 1 is 0.909 bits per heavy atom. The first-order chi connectivity index (χ1) is 10.5. The molecule has 0 N–H and O–H groups in total. The van der Waals surface area contributed by atoms with Crippen molar-refractivity contribution in [3.8, 4) is 5.75 Å². The Morgan fingerprint density at radius 3 is 2.09 bits per heavy atom. The first-order valence-corrected chi connectivity index (χ1v) is 9.17. The molecule has 0 radical (unpaired) electrons. The fraction of sp³-hybridized carbons (Fsp3) is 0.222. The zero-order chi connectivity index (χ0) is 15.7. The third-order valence-corrected chi connectivity index (χ3v) is 6.45. The Hall–Kier alpha value is -1.83. The normalized spacial score (nSPS) is 14.4. The van der Waals surface area contributed by atoms with Gasteiger partial charge in [0.05, 0.1) is 0 Å². The number of hydrogen-bond donors (Lipinski definition) is 0. The van der Waals surface area contributed by atoms with E-state index in [1.165, 1.54) is 10.8 Å². The molecule has 1 atom stereocenters. The molecule has 114 valence electrons. The van der Waals surface area contributed by atoms with E-state index in [-0.39, 0.29) is 0 Å². The summed E-state index contributed by atoms with van der Waals surface area (Å²) in [6, 6.07) is 18.5. The van der Waals surface area contributed by atoms with Gasteiger partial charge in [0.1, 0.15) is 5.75 Å². The lowest BCUT2D eigenvalue weighted by Gasteiger charge is -2.24. The van der Waals surface area contributed by atoms with Crippen LogP contribution in [0.1, 0.15) is 6.92 Å². The average Bonchev–Trinajstić information content (AvgIpc) is 2.52. The van der Waals surface area contributed by atoms with Crippen molar-refractivity contribution in [2.75, 3.05) is 20.3 Å². The Morgan fingerprint density at radius 2 is 1.50 bits per heavy atom. The van der Waals surface area contributed by atoms with Crippen LogP contribution in [-0.2, 0) is 4.57 Å². The highest BCUT2D eigenvalue weighted by Crippen LogP contribution is 2.48. The van der Waals surface area contributed by atoms with Crippen molar-refractivity contribution in [1.82, 2.24) is 4.67 Å². The SMILES string of the molecule is CCP(=O)(Oc1ccc2cc3ccccc3cc2c1)N(C)C. The maximum Gasteiger partial charge on any atom is 0.318 e. The molecular formula is C18H20NO2P. The number of rotatable bonds is 4. The molecule has 0 aromatic heterocycles. The molecule has 0 fully saturated rings. The van der Waals surface area contributed by atoms with Gasteiger partial charge in [-0.15, -0.1) is 0 Å². The smallest absolute Gasteiger partial charge is 0.318 e. The number of fused-ring (bicyclic) bond motifs is 2. The van der Waals surface area contributed by atoms with Crippen LogP contribution in [0.3, 0.4) is 0 Å². The Kier molecular flexibility index (Phi) is 3.94. The molecular weight excluding hydrogens is 293 g/mol. The van der Waals surface area contributed by atoms with Crippen LogP contribution >= 0.6 is 7.52 Å². The highest BCUT2D eigenvalue weighted by molar-refractivity contribution is 7.56. The molecule has 3 rings (SSSR count). The van der Waals surface area contributed by atoms with Crippen LogP contribution in [0.25, 0.3) is 21.5 Å². The molecule has 4 heteroatoms. The average molecular weight is 313 g/mol. The molecule has 0 aliphatic heterocycles. The van der Waals surface area contributed by atoms with Crippen molar-refractivity contribution in [3.05, 3.63) is 54.6 Å². The molecule has 0 aliphatic carbocycles. The van der Waals surface area contributed by atoms with E-state index in [0.29, 0.717) is 11.9 Å². The van der Waals surface area contributed by atoms with Gasteiger partial charge in [-0.2, -0.15) is 0 Å². The van der Waals surface area contributed by atoms with Crippen LogP contribution in [0.15, 0.2) is 54.6 Å². The van der Waals surface area contributed by atoms with Gasteiger partial charge in [0.2, 0.25) is 0 Å². The van der Waals surface area contributed by atoms with Crippen LogP contribution < -0.4 is 4.52 Å². The second-order valence-electron chi connectivity index (χ2n) is 5.60. The molecule has 22 heavy (non-hydrogen) atoms. The number of hydrogen-bond acceptors (Lipinski definition) is 2. The Bertz CT molecular complexity index is 873. The summed E-state index contributed by atoms with van der Waals surface area (Å²) >= 11 is 0. The van der Waals surface area contributed by atoms with E-state index in [1.807, 2.05) is 37.3 Å². The van der Waals surface area contributed by atoms with Gasteiger partial charge in [-0.1, -0.05) is 37.3 Å². The zero-order valence-electron chi connectivity index (χ0n) is 13.1. The maximum absolute atomic E-state index is 12.7. The molecule has 1 unspecified atom stereocenters.